The van der Waals surface area contributed by atoms with Crippen LogP contribution >= 0.6 is 0 Å². The van der Waals surface area contributed by atoms with Gasteiger partial charge in [-0.2, -0.15) is 10.1 Å². The van der Waals surface area contributed by atoms with E-state index < -0.39 is 0 Å². The molecule has 0 saturated carbocycles. The van der Waals surface area contributed by atoms with Crippen molar-refractivity contribution >= 4 is 16.9 Å². The summed E-state index contributed by atoms with van der Waals surface area (Å²) in [7, 11) is 1.62. The molecule has 8 heteroatoms. The average Bonchev–Trinajstić information content (AvgIpc) is 3.15. The Morgan fingerprint density at radius 2 is 1.88 bits per heavy atom. The highest BCUT2D eigenvalue weighted by Gasteiger charge is 2.20. The molecule has 8 nitrogen and oxygen atoms in total. The number of morpholine rings is 1. The first-order valence-electron chi connectivity index (χ1n) is 11.5. The minimum absolute atomic E-state index is 0.0388. The van der Waals surface area contributed by atoms with E-state index in [0.717, 1.165) is 66.4 Å². The molecule has 0 spiro atoms. The molecule has 1 aliphatic rings. The Balaban J connectivity index is 1.49. The summed E-state index contributed by atoms with van der Waals surface area (Å²) in [5.41, 5.74) is 5.85. The average molecular weight is 452 g/mol. The van der Waals surface area contributed by atoms with Crippen molar-refractivity contribution < 1.29 is 14.3 Å². The van der Waals surface area contributed by atoms with Crippen LogP contribution in [0.15, 0.2) is 24.3 Å². The number of fused-ring (bicyclic) bond motifs is 1. The van der Waals surface area contributed by atoms with Crippen molar-refractivity contribution in [3.8, 4) is 11.6 Å². The van der Waals surface area contributed by atoms with Gasteiger partial charge in [-0.15, -0.1) is 0 Å². The molecule has 1 fully saturated rings. The summed E-state index contributed by atoms with van der Waals surface area (Å²) in [6.45, 7) is 11.0. The molecule has 1 N–H and O–H groups in total. The zero-order valence-corrected chi connectivity index (χ0v) is 20.0. The Morgan fingerprint density at radius 3 is 2.58 bits per heavy atom. The number of hydrogen-bond acceptors (Lipinski definition) is 6. The summed E-state index contributed by atoms with van der Waals surface area (Å²) < 4.78 is 12.9. The molecule has 1 amide bonds. The molecular formula is C25H33N5O3. The fourth-order valence-corrected chi connectivity index (χ4v) is 4.37. The van der Waals surface area contributed by atoms with Crippen molar-refractivity contribution in [3.05, 3.63) is 46.6 Å². The van der Waals surface area contributed by atoms with Crippen LogP contribution in [0.4, 0.5) is 0 Å². The van der Waals surface area contributed by atoms with E-state index in [-0.39, 0.29) is 5.91 Å². The first-order valence-corrected chi connectivity index (χ1v) is 11.5. The van der Waals surface area contributed by atoms with Gasteiger partial charge >= 0.3 is 0 Å². The van der Waals surface area contributed by atoms with Gasteiger partial charge in [-0.1, -0.05) is 17.7 Å². The van der Waals surface area contributed by atoms with E-state index in [1.54, 1.807) is 7.11 Å². The van der Waals surface area contributed by atoms with Crippen LogP contribution in [0.1, 0.15) is 28.8 Å². The number of benzene rings is 1. The molecule has 176 valence electrons. The molecular weight excluding hydrogens is 418 g/mol. The van der Waals surface area contributed by atoms with Crippen LogP contribution in [0.5, 0.6) is 5.88 Å². The van der Waals surface area contributed by atoms with Crippen molar-refractivity contribution in [2.45, 2.75) is 33.6 Å². The number of nitrogens with zero attached hydrogens (tertiary/aromatic N) is 4. The third-order valence-electron chi connectivity index (χ3n) is 6.26. The zero-order valence-electron chi connectivity index (χ0n) is 20.0. The largest absolute Gasteiger partial charge is 0.481 e. The van der Waals surface area contributed by atoms with Crippen LogP contribution in [-0.4, -0.2) is 72.1 Å². The maximum absolute atomic E-state index is 12.5. The third kappa shape index (κ3) is 5.17. The van der Waals surface area contributed by atoms with E-state index in [0.29, 0.717) is 25.3 Å². The van der Waals surface area contributed by atoms with Gasteiger partial charge in [0.05, 0.1) is 31.7 Å². The predicted octanol–water partition coefficient (Wildman–Crippen LogP) is 2.74. The number of rotatable bonds is 8. The number of carbonyl (C=O) groups is 1. The third-order valence-corrected chi connectivity index (χ3v) is 6.26. The van der Waals surface area contributed by atoms with Gasteiger partial charge in [0.15, 0.2) is 5.65 Å². The van der Waals surface area contributed by atoms with Crippen LogP contribution in [0, 0.1) is 20.8 Å². The molecule has 0 atom stereocenters. The van der Waals surface area contributed by atoms with Gasteiger partial charge in [0.25, 0.3) is 0 Å². The highest BCUT2D eigenvalue weighted by Crippen LogP contribution is 2.31. The smallest absolute Gasteiger partial charge is 0.220 e. The van der Waals surface area contributed by atoms with Gasteiger partial charge in [-0.3, -0.25) is 9.69 Å². The van der Waals surface area contributed by atoms with E-state index in [4.69, 9.17) is 19.6 Å². The molecule has 0 aliphatic carbocycles. The Bertz CT molecular complexity index is 1120. The van der Waals surface area contributed by atoms with Crippen LogP contribution in [-0.2, 0) is 16.0 Å². The highest BCUT2D eigenvalue weighted by atomic mass is 16.5. The number of carbonyl (C=O) groups excluding carboxylic acids is 1. The first kappa shape index (κ1) is 23.2. The Morgan fingerprint density at radius 1 is 1.15 bits per heavy atom. The molecule has 0 bridgehead atoms. The predicted molar refractivity (Wildman–Crippen MR) is 128 cm³/mol. The summed E-state index contributed by atoms with van der Waals surface area (Å²) in [5, 5.41) is 8.80. The van der Waals surface area contributed by atoms with Crippen LogP contribution in [0.25, 0.3) is 16.7 Å². The summed E-state index contributed by atoms with van der Waals surface area (Å²) >= 11 is 0. The molecule has 3 heterocycles. The number of ether oxygens (including phenoxy) is 2. The topological polar surface area (TPSA) is 81.5 Å². The molecule has 0 radical (unpaired) electrons. The minimum Gasteiger partial charge on any atom is -0.481 e. The molecule has 1 saturated heterocycles. The fourth-order valence-electron chi connectivity index (χ4n) is 4.37. The van der Waals surface area contributed by atoms with E-state index >= 15 is 0 Å². The number of amides is 1. The van der Waals surface area contributed by atoms with Gasteiger partial charge in [0.1, 0.15) is 0 Å². The SMILES string of the molecule is COc1nc2c(c(C)nn2-c2ccc(C)cc2)c(C)c1CCC(=O)NCCN1CCOCC1. The molecule has 1 aliphatic heterocycles. The number of nitrogens with one attached hydrogen (secondary N) is 1. The quantitative estimate of drug-likeness (QED) is 0.567. The lowest BCUT2D eigenvalue weighted by Gasteiger charge is -2.26. The molecule has 1 aromatic carbocycles. The van der Waals surface area contributed by atoms with Crippen molar-refractivity contribution in [1.29, 1.82) is 0 Å². The number of aromatic nitrogens is 3. The summed E-state index contributed by atoms with van der Waals surface area (Å²) in [4.78, 5) is 19.6. The minimum atomic E-state index is 0.0388. The van der Waals surface area contributed by atoms with Crippen LogP contribution in [0.3, 0.4) is 0 Å². The lowest BCUT2D eigenvalue weighted by Crippen LogP contribution is -2.41. The van der Waals surface area contributed by atoms with Gasteiger partial charge in [0.2, 0.25) is 11.8 Å². The molecule has 2 aromatic heterocycles. The van der Waals surface area contributed by atoms with Gasteiger partial charge in [-0.25, -0.2) is 4.68 Å². The number of hydrogen-bond donors (Lipinski definition) is 1. The molecule has 0 unspecified atom stereocenters. The lowest BCUT2D eigenvalue weighted by molar-refractivity contribution is -0.121. The van der Waals surface area contributed by atoms with E-state index in [2.05, 4.69) is 36.2 Å². The zero-order chi connectivity index (χ0) is 23.4. The van der Waals surface area contributed by atoms with E-state index in [1.165, 1.54) is 5.56 Å². The van der Waals surface area contributed by atoms with Crippen molar-refractivity contribution in [1.82, 2.24) is 25.0 Å². The van der Waals surface area contributed by atoms with Crippen LogP contribution < -0.4 is 10.1 Å². The van der Waals surface area contributed by atoms with Crippen molar-refractivity contribution in [2.75, 3.05) is 46.5 Å². The monoisotopic (exact) mass is 451 g/mol. The van der Waals surface area contributed by atoms with E-state index in [1.807, 2.05) is 23.7 Å². The summed E-state index contributed by atoms with van der Waals surface area (Å²) in [5.74, 6) is 0.589. The second kappa shape index (κ2) is 10.3. The highest BCUT2D eigenvalue weighted by molar-refractivity contribution is 5.86. The fraction of sp³-hybridized carbons (Fsp3) is 0.480. The van der Waals surface area contributed by atoms with Gasteiger partial charge < -0.3 is 14.8 Å². The summed E-state index contributed by atoms with van der Waals surface area (Å²) in [6, 6.07) is 8.21. The van der Waals surface area contributed by atoms with Crippen molar-refractivity contribution in [2.24, 2.45) is 0 Å². The second-order valence-electron chi connectivity index (χ2n) is 8.56. The summed E-state index contributed by atoms with van der Waals surface area (Å²) in [6.07, 6.45) is 0.954. The normalized spacial score (nSPS) is 14.5. The Kier molecular flexibility index (Phi) is 7.25. The number of methoxy groups -OCH3 is 1. The molecule has 3 aromatic rings. The molecule has 4 rings (SSSR count). The number of pyridine rings is 1. The maximum Gasteiger partial charge on any atom is 0.220 e. The van der Waals surface area contributed by atoms with Crippen molar-refractivity contribution in [3.63, 3.8) is 0 Å². The number of aryl methyl sites for hydroxylation is 3. The molecule has 33 heavy (non-hydrogen) atoms. The maximum atomic E-state index is 12.5. The second-order valence-corrected chi connectivity index (χ2v) is 8.56. The van der Waals surface area contributed by atoms with Crippen LogP contribution in [0.2, 0.25) is 0 Å². The van der Waals surface area contributed by atoms with Gasteiger partial charge in [0, 0.05) is 43.5 Å². The Labute approximate surface area is 194 Å². The Hall–Kier alpha value is -2.97. The van der Waals surface area contributed by atoms with Gasteiger partial charge in [-0.05, 0) is 44.9 Å². The van der Waals surface area contributed by atoms with E-state index in [9.17, 15) is 4.79 Å². The lowest BCUT2D eigenvalue weighted by atomic mass is 10.0. The first-order chi connectivity index (χ1) is 16.0. The standard InChI is InChI=1S/C25H33N5O3/c1-17-5-7-20(8-6-17)30-24-23(19(3)28-30)18(2)21(25(27-24)32-4)9-10-22(31)26-11-12-29-13-15-33-16-14-29/h5-8H,9-16H2,1-4H3,(H,26,31).